The highest BCUT2D eigenvalue weighted by molar-refractivity contribution is 9.10. The van der Waals surface area contributed by atoms with E-state index >= 15 is 0 Å². The summed E-state index contributed by atoms with van der Waals surface area (Å²) in [6.45, 7) is 2.21. The van der Waals surface area contributed by atoms with Crippen LogP contribution in [-0.4, -0.2) is 36.2 Å². The summed E-state index contributed by atoms with van der Waals surface area (Å²) >= 11 is 3.33. The summed E-state index contributed by atoms with van der Waals surface area (Å²) in [7, 11) is 1.60. The maximum Gasteiger partial charge on any atom is 0.232 e. The third-order valence-electron chi connectivity index (χ3n) is 3.29. The fraction of sp³-hybridized carbons (Fsp3) is 0.600. The van der Waals surface area contributed by atoms with Crippen LogP contribution in [0.25, 0.3) is 0 Å². The smallest absolute Gasteiger partial charge is 0.232 e. The van der Waals surface area contributed by atoms with E-state index in [-0.39, 0.29) is 0 Å². The van der Waals surface area contributed by atoms with E-state index in [1.54, 1.807) is 13.3 Å². The number of nitrogens with zero attached hydrogens (tertiary/aromatic N) is 2. The molecular formula is C10H13BrN4O. The van der Waals surface area contributed by atoms with Crippen molar-refractivity contribution in [2.45, 2.75) is 6.04 Å². The number of aromatic nitrogens is 2. The van der Waals surface area contributed by atoms with Gasteiger partial charge in [0.25, 0.3) is 0 Å². The van der Waals surface area contributed by atoms with Crippen LogP contribution in [0.3, 0.4) is 0 Å². The predicted molar refractivity (Wildman–Crippen MR) is 63.5 cm³/mol. The van der Waals surface area contributed by atoms with Crippen molar-refractivity contribution in [3.63, 3.8) is 0 Å². The van der Waals surface area contributed by atoms with Crippen molar-refractivity contribution in [2.24, 2.45) is 11.8 Å². The van der Waals surface area contributed by atoms with Crippen LogP contribution in [0.2, 0.25) is 0 Å². The molecule has 1 aromatic rings. The second-order valence-electron chi connectivity index (χ2n) is 4.21. The van der Waals surface area contributed by atoms with Crippen molar-refractivity contribution in [1.82, 2.24) is 15.3 Å². The van der Waals surface area contributed by atoms with Gasteiger partial charge in [0.2, 0.25) is 11.8 Å². The summed E-state index contributed by atoms with van der Waals surface area (Å²) in [4.78, 5) is 8.51. The van der Waals surface area contributed by atoms with Gasteiger partial charge in [-0.1, -0.05) is 0 Å². The topological polar surface area (TPSA) is 59.1 Å². The van der Waals surface area contributed by atoms with Gasteiger partial charge in [-0.2, -0.15) is 4.98 Å². The Bertz CT molecular complexity index is 404. The number of hydrogen-bond donors (Lipinski definition) is 2. The lowest BCUT2D eigenvalue weighted by Crippen LogP contribution is -2.22. The van der Waals surface area contributed by atoms with Gasteiger partial charge in [-0.05, 0) is 27.8 Å². The Labute approximate surface area is 102 Å². The number of hydrogen-bond acceptors (Lipinski definition) is 5. The molecule has 1 aromatic heterocycles. The van der Waals surface area contributed by atoms with Crippen LogP contribution in [-0.2, 0) is 0 Å². The van der Waals surface area contributed by atoms with E-state index in [1.807, 2.05) is 0 Å². The molecule has 0 bridgehead atoms. The minimum Gasteiger partial charge on any atom is -0.480 e. The van der Waals surface area contributed by atoms with E-state index < -0.39 is 0 Å². The Morgan fingerprint density at radius 3 is 2.94 bits per heavy atom. The molecule has 2 atom stereocenters. The van der Waals surface area contributed by atoms with E-state index in [4.69, 9.17) is 4.74 Å². The molecule has 0 radical (unpaired) electrons. The van der Waals surface area contributed by atoms with Gasteiger partial charge in [-0.25, -0.2) is 4.98 Å². The van der Waals surface area contributed by atoms with Gasteiger partial charge >= 0.3 is 0 Å². The summed E-state index contributed by atoms with van der Waals surface area (Å²) in [5.74, 6) is 2.72. The second kappa shape index (κ2) is 3.85. The largest absolute Gasteiger partial charge is 0.480 e. The molecule has 1 aliphatic heterocycles. The Balaban J connectivity index is 1.71. The highest BCUT2D eigenvalue weighted by atomic mass is 79.9. The van der Waals surface area contributed by atoms with Gasteiger partial charge in [0.1, 0.15) is 0 Å². The molecule has 2 aliphatic rings. The SMILES string of the molecule is COc1nc(NC2C3CNCC32)ncc1Br. The zero-order valence-electron chi connectivity index (χ0n) is 8.90. The highest BCUT2D eigenvalue weighted by Gasteiger charge is 2.53. The molecule has 2 N–H and O–H groups in total. The Kier molecular flexibility index (Phi) is 2.48. The van der Waals surface area contributed by atoms with Crippen LogP contribution >= 0.6 is 15.9 Å². The van der Waals surface area contributed by atoms with Crippen LogP contribution < -0.4 is 15.4 Å². The van der Waals surface area contributed by atoms with Crippen molar-refractivity contribution in [1.29, 1.82) is 0 Å². The first-order chi connectivity index (χ1) is 7.79. The molecule has 1 saturated heterocycles. The predicted octanol–water partition coefficient (Wildman–Crippen LogP) is 0.877. The second-order valence-corrected chi connectivity index (χ2v) is 5.06. The maximum atomic E-state index is 5.13. The molecule has 2 unspecified atom stereocenters. The number of rotatable bonds is 3. The van der Waals surface area contributed by atoms with Crippen molar-refractivity contribution >= 4 is 21.9 Å². The van der Waals surface area contributed by atoms with E-state index in [9.17, 15) is 0 Å². The third kappa shape index (κ3) is 1.66. The normalized spacial score (nSPS) is 31.0. The first-order valence-electron chi connectivity index (χ1n) is 5.33. The zero-order valence-corrected chi connectivity index (χ0v) is 10.5. The standard InChI is InChI=1S/C10H13BrN4O/c1-16-9-7(11)4-13-10(15-9)14-8-5-2-12-3-6(5)8/h4-6,8,12H,2-3H2,1H3,(H,13,14,15). The Morgan fingerprint density at radius 2 is 2.25 bits per heavy atom. The van der Waals surface area contributed by atoms with Gasteiger partial charge in [-0.3, -0.25) is 0 Å². The van der Waals surface area contributed by atoms with Gasteiger partial charge in [-0.15, -0.1) is 0 Å². The Morgan fingerprint density at radius 1 is 1.50 bits per heavy atom. The molecule has 1 saturated carbocycles. The fourth-order valence-electron chi connectivity index (χ4n) is 2.35. The van der Waals surface area contributed by atoms with Gasteiger partial charge in [0, 0.05) is 19.1 Å². The molecule has 0 amide bonds. The van der Waals surface area contributed by atoms with Crippen LogP contribution in [0.1, 0.15) is 0 Å². The van der Waals surface area contributed by atoms with Crippen LogP contribution in [0, 0.1) is 11.8 Å². The number of ether oxygens (including phenoxy) is 1. The quantitative estimate of drug-likeness (QED) is 0.863. The number of methoxy groups -OCH3 is 1. The Hall–Kier alpha value is -0.880. The molecule has 2 fully saturated rings. The van der Waals surface area contributed by atoms with E-state index in [1.165, 1.54) is 0 Å². The lowest BCUT2D eigenvalue weighted by atomic mass is 10.4. The van der Waals surface area contributed by atoms with E-state index in [0.29, 0.717) is 17.9 Å². The average Bonchev–Trinajstić information content (AvgIpc) is 2.76. The molecule has 1 aliphatic carbocycles. The first-order valence-corrected chi connectivity index (χ1v) is 6.12. The zero-order chi connectivity index (χ0) is 11.1. The van der Waals surface area contributed by atoms with Crippen LogP contribution in [0.15, 0.2) is 10.7 Å². The number of fused-ring (bicyclic) bond motifs is 1. The van der Waals surface area contributed by atoms with E-state index in [2.05, 4.69) is 36.5 Å². The molecule has 16 heavy (non-hydrogen) atoms. The van der Waals surface area contributed by atoms with Crippen LogP contribution in [0.4, 0.5) is 5.95 Å². The molecule has 86 valence electrons. The van der Waals surface area contributed by atoms with Crippen LogP contribution in [0.5, 0.6) is 5.88 Å². The van der Waals surface area contributed by atoms with Crippen molar-refractivity contribution < 1.29 is 4.74 Å². The number of nitrogens with one attached hydrogen (secondary N) is 2. The first kappa shape index (κ1) is 10.3. The summed E-state index contributed by atoms with van der Waals surface area (Å²) in [5.41, 5.74) is 0. The third-order valence-corrected chi connectivity index (χ3v) is 3.84. The number of anilines is 1. The summed E-state index contributed by atoms with van der Waals surface area (Å²) < 4.78 is 5.91. The monoisotopic (exact) mass is 284 g/mol. The van der Waals surface area contributed by atoms with Gasteiger partial charge < -0.3 is 15.4 Å². The van der Waals surface area contributed by atoms with Crippen molar-refractivity contribution in [3.05, 3.63) is 10.7 Å². The minimum absolute atomic E-state index is 0.534. The summed E-state index contributed by atoms with van der Waals surface area (Å²) in [6, 6.07) is 0.534. The van der Waals surface area contributed by atoms with Crippen molar-refractivity contribution in [2.75, 3.05) is 25.5 Å². The molecular weight excluding hydrogens is 272 g/mol. The lowest BCUT2D eigenvalue weighted by Gasteiger charge is -2.08. The van der Waals surface area contributed by atoms with E-state index in [0.717, 1.165) is 29.4 Å². The summed E-state index contributed by atoms with van der Waals surface area (Å²) in [5, 5.41) is 6.71. The molecule has 3 rings (SSSR count). The molecule has 5 nitrogen and oxygen atoms in total. The molecule has 2 heterocycles. The summed E-state index contributed by atoms with van der Waals surface area (Å²) in [6.07, 6.45) is 1.71. The highest BCUT2D eigenvalue weighted by Crippen LogP contribution is 2.43. The fourth-order valence-corrected chi connectivity index (χ4v) is 2.70. The molecule has 0 spiro atoms. The van der Waals surface area contributed by atoms with Gasteiger partial charge in [0.05, 0.1) is 17.8 Å². The maximum absolute atomic E-state index is 5.13. The van der Waals surface area contributed by atoms with Crippen molar-refractivity contribution in [3.8, 4) is 5.88 Å². The van der Waals surface area contributed by atoms with Gasteiger partial charge in [0.15, 0.2) is 0 Å². The number of piperidine rings is 1. The lowest BCUT2D eigenvalue weighted by molar-refractivity contribution is 0.394. The number of halogens is 1. The molecule has 6 heteroatoms. The minimum atomic E-state index is 0.534. The average molecular weight is 285 g/mol. The molecule has 0 aromatic carbocycles.